The molecule has 0 aliphatic rings. The molecule has 2 aromatic carbocycles. The largest absolute Gasteiger partial charge is 0.481 e. The predicted octanol–water partition coefficient (Wildman–Crippen LogP) is 3.53. The van der Waals surface area contributed by atoms with Crippen LogP contribution in [-0.2, 0) is 9.59 Å². The molecule has 3 aromatic rings. The van der Waals surface area contributed by atoms with Crippen molar-refractivity contribution in [2.75, 3.05) is 0 Å². The van der Waals surface area contributed by atoms with Crippen molar-refractivity contribution in [2.24, 2.45) is 10.2 Å². The van der Waals surface area contributed by atoms with Crippen molar-refractivity contribution >= 4 is 23.3 Å². The Bertz CT molecular complexity index is 1130. The van der Waals surface area contributed by atoms with Crippen LogP contribution in [0.3, 0.4) is 0 Å². The van der Waals surface area contributed by atoms with Gasteiger partial charge in [0.2, 0.25) is 0 Å². The lowest BCUT2D eigenvalue weighted by Gasteiger charge is -2.12. The number of aromatic amines is 1. The molecule has 9 nitrogen and oxygen atoms in total. The van der Waals surface area contributed by atoms with Gasteiger partial charge in [0.15, 0.2) is 5.69 Å². The number of rotatable bonds is 7. The summed E-state index contributed by atoms with van der Waals surface area (Å²) in [4.78, 5) is 35.3. The maximum absolute atomic E-state index is 12.7. The summed E-state index contributed by atoms with van der Waals surface area (Å²) in [5.74, 6) is -3.80. The van der Waals surface area contributed by atoms with Gasteiger partial charge in [-0.2, -0.15) is 0 Å². The molecule has 1 atom stereocenters. The third-order valence-corrected chi connectivity index (χ3v) is 4.30. The second-order valence-corrected chi connectivity index (χ2v) is 6.31. The number of carboxylic acids is 2. The third kappa shape index (κ3) is 4.29. The van der Waals surface area contributed by atoms with Crippen LogP contribution >= 0.6 is 0 Å². The zero-order valence-corrected chi connectivity index (χ0v) is 15.4. The van der Waals surface area contributed by atoms with Crippen LogP contribution in [-0.4, -0.2) is 31.9 Å². The summed E-state index contributed by atoms with van der Waals surface area (Å²) >= 11 is 0. The molecule has 0 radical (unpaired) electrons. The average Bonchev–Trinajstić information content (AvgIpc) is 2.99. The minimum atomic E-state index is -1.28. The summed E-state index contributed by atoms with van der Waals surface area (Å²) in [5, 5.41) is 29.4. The molecule has 148 valence electrons. The zero-order valence-electron chi connectivity index (χ0n) is 15.4. The van der Waals surface area contributed by atoms with Gasteiger partial charge in [0.25, 0.3) is 5.56 Å². The lowest BCUT2D eigenvalue weighted by atomic mass is 9.94. The number of aromatic nitrogens is 2. The van der Waals surface area contributed by atoms with Gasteiger partial charge >= 0.3 is 11.9 Å². The number of aryl methyl sites for hydroxylation is 1. The van der Waals surface area contributed by atoms with Gasteiger partial charge in [-0.05, 0) is 30.7 Å². The van der Waals surface area contributed by atoms with E-state index in [1.807, 2.05) is 6.07 Å². The van der Waals surface area contributed by atoms with Crippen LogP contribution in [0.15, 0.2) is 69.6 Å². The highest BCUT2D eigenvalue weighted by molar-refractivity contribution is 5.84. The van der Waals surface area contributed by atoms with Crippen molar-refractivity contribution in [3.63, 3.8) is 0 Å². The molecular formula is C20H18N4O5. The molecule has 0 bridgehead atoms. The third-order valence-electron chi connectivity index (χ3n) is 4.30. The smallest absolute Gasteiger partial charge is 0.311 e. The Labute approximate surface area is 164 Å². The molecule has 0 spiro atoms. The molecule has 3 N–H and O–H groups in total. The fourth-order valence-electron chi connectivity index (χ4n) is 2.90. The molecule has 1 heterocycles. The van der Waals surface area contributed by atoms with E-state index in [-0.39, 0.29) is 16.9 Å². The summed E-state index contributed by atoms with van der Waals surface area (Å²) in [7, 11) is 0. The van der Waals surface area contributed by atoms with E-state index in [1.54, 1.807) is 43.3 Å². The Morgan fingerprint density at radius 3 is 2.34 bits per heavy atom. The van der Waals surface area contributed by atoms with Crippen LogP contribution in [0.2, 0.25) is 0 Å². The zero-order chi connectivity index (χ0) is 21.0. The summed E-state index contributed by atoms with van der Waals surface area (Å²) in [6.45, 7) is 1.67. The van der Waals surface area contributed by atoms with Crippen LogP contribution < -0.4 is 5.56 Å². The fraction of sp³-hybridized carbons (Fsp3) is 0.150. The first-order valence-corrected chi connectivity index (χ1v) is 8.70. The van der Waals surface area contributed by atoms with E-state index >= 15 is 0 Å². The minimum Gasteiger partial charge on any atom is -0.481 e. The Hall–Kier alpha value is -4.01. The average molecular weight is 394 g/mol. The molecule has 1 unspecified atom stereocenters. The maximum Gasteiger partial charge on any atom is 0.311 e. The molecule has 1 aromatic heterocycles. The van der Waals surface area contributed by atoms with Gasteiger partial charge in [0, 0.05) is 0 Å². The quantitative estimate of drug-likeness (QED) is 0.526. The first-order chi connectivity index (χ1) is 13.9. The molecule has 0 amide bonds. The van der Waals surface area contributed by atoms with Crippen LogP contribution in [0.1, 0.15) is 23.6 Å². The number of carboxylic acid groups (broad SMARTS) is 2. The van der Waals surface area contributed by atoms with Gasteiger partial charge < -0.3 is 10.2 Å². The molecule has 29 heavy (non-hydrogen) atoms. The fourth-order valence-corrected chi connectivity index (χ4v) is 2.90. The van der Waals surface area contributed by atoms with Crippen molar-refractivity contribution in [3.05, 3.63) is 76.2 Å². The van der Waals surface area contributed by atoms with E-state index < -0.39 is 29.8 Å². The molecule has 0 saturated heterocycles. The number of hydrogen-bond acceptors (Lipinski definition) is 5. The van der Waals surface area contributed by atoms with Crippen molar-refractivity contribution in [1.29, 1.82) is 0 Å². The number of aliphatic carboxylic acids is 2. The summed E-state index contributed by atoms with van der Waals surface area (Å²) < 4.78 is 1.33. The second kappa shape index (κ2) is 8.34. The lowest BCUT2D eigenvalue weighted by Crippen LogP contribution is -2.16. The van der Waals surface area contributed by atoms with Gasteiger partial charge in [-0.1, -0.05) is 36.4 Å². The maximum atomic E-state index is 12.7. The first kappa shape index (κ1) is 19.7. The molecule has 0 aliphatic carbocycles. The number of nitrogens with one attached hydrogen (secondary N) is 1. The number of para-hydroxylation sites is 1. The molecule has 3 rings (SSSR count). The minimum absolute atomic E-state index is 0.0776. The highest BCUT2D eigenvalue weighted by Crippen LogP contribution is 2.31. The van der Waals surface area contributed by atoms with Crippen molar-refractivity contribution in [3.8, 4) is 5.69 Å². The van der Waals surface area contributed by atoms with Gasteiger partial charge in [-0.25, -0.2) is 4.68 Å². The highest BCUT2D eigenvalue weighted by atomic mass is 16.4. The van der Waals surface area contributed by atoms with Gasteiger partial charge in [0.05, 0.1) is 29.4 Å². The monoisotopic (exact) mass is 394 g/mol. The molecule has 0 saturated carbocycles. The Morgan fingerprint density at radius 2 is 1.69 bits per heavy atom. The van der Waals surface area contributed by atoms with Crippen LogP contribution in [0, 0.1) is 6.92 Å². The number of carbonyl (C=O) groups is 2. The summed E-state index contributed by atoms with van der Waals surface area (Å²) in [6.07, 6.45) is -0.591. The number of nitrogens with zero attached hydrogens (tertiary/aromatic N) is 3. The second-order valence-electron chi connectivity index (χ2n) is 6.31. The van der Waals surface area contributed by atoms with Crippen molar-refractivity contribution in [1.82, 2.24) is 9.78 Å². The number of benzene rings is 2. The van der Waals surface area contributed by atoms with E-state index in [0.717, 1.165) is 0 Å². The summed E-state index contributed by atoms with van der Waals surface area (Å²) in [5.41, 5.74) is 1.19. The predicted molar refractivity (Wildman–Crippen MR) is 104 cm³/mol. The number of H-pyrrole nitrogens is 1. The summed E-state index contributed by atoms with van der Waals surface area (Å²) in [6, 6.07) is 15.2. The van der Waals surface area contributed by atoms with Crippen LogP contribution in [0.5, 0.6) is 0 Å². The molecular weight excluding hydrogens is 376 g/mol. The van der Waals surface area contributed by atoms with Gasteiger partial charge in [-0.15, -0.1) is 10.2 Å². The Balaban J connectivity index is 2.00. The van der Waals surface area contributed by atoms with Crippen molar-refractivity contribution in [2.45, 2.75) is 19.3 Å². The van der Waals surface area contributed by atoms with E-state index in [1.165, 1.54) is 16.8 Å². The van der Waals surface area contributed by atoms with E-state index in [9.17, 15) is 19.5 Å². The topological polar surface area (TPSA) is 137 Å². The van der Waals surface area contributed by atoms with E-state index in [2.05, 4.69) is 15.3 Å². The van der Waals surface area contributed by atoms with Gasteiger partial charge in [0.1, 0.15) is 0 Å². The van der Waals surface area contributed by atoms with Crippen molar-refractivity contribution < 1.29 is 19.8 Å². The lowest BCUT2D eigenvalue weighted by molar-refractivity contribution is -0.145. The van der Waals surface area contributed by atoms with Gasteiger partial charge in [-0.3, -0.25) is 19.5 Å². The number of azo groups is 1. The highest BCUT2D eigenvalue weighted by Gasteiger charge is 2.25. The van der Waals surface area contributed by atoms with E-state index in [4.69, 9.17) is 5.11 Å². The van der Waals surface area contributed by atoms with E-state index in [0.29, 0.717) is 11.4 Å². The molecule has 0 fully saturated rings. The Morgan fingerprint density at radius 1 is 1.03 bits per heavy atom. The first-order valence-electron chi connectivity index (χ1n) is 8.70. The Kier molecular flexibility index (Phi) is 5.68. The van der Waals surface area contributed by atoms with Crippen LogP contribution in [0.4, 0.5) is 11.4 Å². The number of hydrogen-bond donors (Lipinski definition) is 3. The van der Waals surface area contributed by atoms with Crippen LogP contribution in [0.25, 0.3) is 5.69 Å². The molecule has 9 heteroatoms. The molecule has 0 aliphatic heterocycles. The standard InChI is InChI=1S/C20H18N4O5/c1-12-18(19(27)24(23-12)13-7-3-2-4-8-13)22-21-16-10-6-5-9-14(16)15(20(28)29)11-17(25)26/h2-10,15,23H,11H2,1H3,(H,25,26)(H,28,29). The normalized spacial score (nSPS) is 12.2. The SMILES string of the molecule is Cc1[nH]n(-c2ccccc2)c(=O)c1N=Nc1ccccc1C(CC(=O)O)C(=O)O.